The Bertz CT molecular complexity index is 693. The minimum absolute atomic E-state index is 0.271. The van der Waals surface area contributed by atoms with Crippen molar-refractivity contribution < 1.29 is 23.5 Å². The summed E-state index contributed by atoms with van der Waals surface area (Å²) >= 11 is 0. The monoisotopic (exact) mass is 348 g/mol. The van der Waals surface area contributed by atoms with Crippen molar-refractivity contribution in [1.29, 1.82) is 5.26 Å². The van der Waals surface area contributed by atoms with Crippen molar-refractivity contribution in [2.75, 3.05) is 7.11 Å². The van der Waals surface area contributed by atoms with Gasteiger partial charge in [0.25, 0.3) is 5.91 Å². The molecule has 1 atom stereocenters. The number of nitriles is 1. The van der Waals surface area contributed by atoms with Crippen LogP contribution in [0.1, 0.15) is 49.4 Å². The SMILES string of the molecule is COc1ccc(C(=O)O[C@H](C)C(=O)NC2(C#N)CCCCC2)c(F)c1. The van der Waals surface area contributed by atoms with Gasteiger partial charge in [-0.3, -0.25) is 4.79 Å². The summed E-state index contributed by atoms with van der Waals surface area (Å²) in [6.45, 7) is 1.39. The molecule has 0 saturated heterocycles. The van der Waals surface area contributed by atoms with Crippen LogP contribution in [0.2, 0.25) is 0 Å². The highest BCUT2D eigenvalue weighted by molar-refractivity contribution is 5.92. The molecule has 25 heavy (non-hydrogen) atoms. The molecule has 134 valence electrons. The van der Waals surface area contributed by atoms with Gasteiger partial charge in [-0.15, -0.1) is 0 Å². The van der Waals surface area contributed by atoms with Crippen LogP contribution >= 0.6 is 0 Å². The molecule has 1 aromatic carbocycles. The van der Waals surface area contributed by atoms with E-state index < -0.39 is 29.3 Å². The van der Waals surface area contributed by atoms with Gasteiger partial charge < -0.3 is 14.8 Å². The van der Waals surface area contributed by atoms with Crippen molar-refractivity contribution in [1.82, 2.24) is 5.32 Å². The quantitative estimate of drug-likeness (QED) is 0.827. The number of carbonyl (C=O) groups excluding carboxylic acids is 2. The average Bonchev–Trinajstić information content (AvgIpc) is 2.62. The molecule has 6 nitrogen and oxygen atoms in total. The van der Waals surface area contributed by atoms with E-state index in [2.05, 4.69) is 11.4 Å². The molecule has 0 heterocycles. The Balaban J connectivity index is 2.01. The van der Waals surface area contributed by atoms with Gasteiger partial charge in [0, 0.05) is 6.07 Å². The van der Waals surface area contributed by atoms with E-state index in [1.54, 1.807) is 0 Å². The molecule has 0 aromatic heterocycles. The standard InChI is InChI=1S/C18H21FN2O4/c1-12(16(22)21-18(11-20)8-4-3-5-9-18)25-17(23)14-7-6-13(24-2)10-15(14)19/h6-7,10,12H,3-5,8-9H2,1-2H3,(H,21,22)/t12-/m1/s1. The highest BCUT2D eigenvalue weighted by atomic mass is 19.1. The Morgan fingerprint density at radius 3 is 2.56 bits per heavy atom. The summed E-state index contributed by atoms with van der Waals surface area (Å²) in [4.78, 5) is 24.3. The molecular formula is C18H21FN2O4. The average molecular weight is 348 g/mol. The fraction of sp³-hybridized carbons (Fsp3) is 0.500. The van der Waals surface area contributed by atoms with Gasteiger partial charge in [0.1, 0.15) is 17.1 Å². The van der Waals surface area contributed by atoms with E-state index in [-0.39, 0.29) is 11.3 Å². The van der Waals surface area contributed by atoms with Crippen LogP contribution in [0.3, 0.4) is 0 Å². The number of esters is 1. The van der Waals surface area contributed by atoms with Crippen LogP contribution in [0.25, 0.3) is 0 Å². The van der Waals surface area contributed by atoms with Crippen LogP contribution in [0.15, 0.2) is 18.2 Å². The second-order valence-corrected chi connectivity index (χ2v) is 6.14. The largest absolute Gasteiger partial charge is 0.497 e. The van der Waals surface area contributed by atoms with Crippen molar-refractivity contribution in [2.24, 2.45) is 0 Å². The van der Waals surface area contributed by atoms with Gasteiger partial charge in [-0.1, -0.05) is 19.3 Å². The highest BCUT2D eigenvalue weighted by Crippen LogP contribution is 2.27. The molecule has 1 aliphatic carbocycles. The van der Waals surface area contributed by atoms with E-state index >= 15 is 0 Å². The van der Waals surface area contributed by atoms with Crippen LogP contribution in [-0.2, 0) is 9.53 Å². The van der Waals surface area contributed by atoms with E-state index in [1.165, 1.54) is 26.2 Å². The smallest absolute Gasteiger partial charge is 0.341 e. The molecule has 0 unspecified atom stereocenters. The molecule has 1 N–H and O–H groups in total. The Hall–Kier alpha value is -2.62. The number of nitrogens with one attached hydrogen (secondary N) is 1. The molecule has 1 aliphatic rings. The number of ether oxygens (including phenoxy) is 2. The van der Waals surface area contributed by atoms with E-state index in [4.69, 9.17) is 9.47 Å². The van der Waals surface area contributed by atoms with Crippen molar-refractivity contribution in [3.8, 4) is 11.8 Å². The van der Waals surface area contributed by atoms with Crippen molar-refractivity contribution >= 4 is 11.9 Å². The maximum absolute atomic E-state index is 13.9. The zero-order valence-corrected chi connectivity index (χ0v) is 14.3. The molecule has 0 spiro atoms. The summed E-state index contributed by atoms with van der Waals surface area (Å²) in [5.74, 6) is -2.03. The highest BCUT2D eigenvalue weighted by Gasteiger charge is 2.35. The van der Waals surface area contributed by atoms with Crippen LogP contribution < -0.4 is 10.1 Å². The molecule has 1 amide bonds. The molecule has 2 rings (SSSR count). The fourth-order valence-electron chi connectivity index (χ4n) is 2.82. The van der Waals surface area contributed by atoms with E-state index in [9.17, 15) is 19.2 Å². The van der Waals surface area contributed by atoms with E-state index in [0.29, 0.717) is 12.8 Å². The van der Waals surface area contributed by atoms with Gasteiger partial charge in [0.2, 0.25) is 0 Å². The van der Waals surface area contributed by atoms with Crippen LogP contribution in [-0.4, -0.2) is 30.6 Å². The first-order valence-corrected chi connectivity index (χ1v) is 8.18. The molecule has 1 fully saturated rings. The first-order valence-electron chi connectivity index (χ1n) is 8.18. The maximum Gasteiger partial charge on any atom is 0.341 e. The lowest BCUT2D eigenvalue weighted by Crippen LogP contribution is -2.52. The maximum atomic E-state index is 13.9. The number of rotatable bonds is 5. The van der Waals surface area contributed by atoms with Crippen LogP contribution in [0.4, 0.5) is 4.39 Å². The Labute approximate surface area is 145 Å². The number of hydrogen-bond donors (Lipinski definition) is 1. The topological polar surface area (TPSA) is 88.4 Å². The predicted molar refractivity (Wildman–Crippen MR) is 87.4 cm³/mol. The zero-order chi connectivity index (χ0) is 18.4. The summed E-state index contributed by atoms with van der Waals surface area (Å²) in [6, 6.07) is 5.89. The van der Waals surface area contributed by atoms with Crippen LogP contribution in [0, 0.1) is 17.1 Å². The fourth-order valence-corrected chi connectivity index (χ4v) is 2.82. The molecule has 0 bridgehead atoms. The van der Waals surface area contributed by atoms with Gasteiger partial charge >= 0.3 is 5.97 Å². The van der Waals surface area contributed by atoms with Crippen molar-refractivity contribution in [2.45, 2.75) is 50.7 Å². The number of amides is 1. The Kier molecular flexibility index (Phi) is 5.97. The summed E-state index contributed by atoms with van der Waals surface area (Å²) < 4.78 is 23.8. The lowest BCUT2D eigenvalue weighted by molar-refractivity contribution is -0.130. The Morgan fingerprint density at radius 1 is 1.32 bits per heavy atom. The first kappa shape index (κ1) is 18.7. The number of halogens is 1. The molecule has 1 saturated carbocycles. The minimum atomic E-state index is -1.14. The first-order chi connectivity index (χ1) is 11.9. The molecule has 7 heteroatoms. The number of carbonyl (C=O) groups is 2. The predicted octanol–water partition coefficient (Wildman–Crippen LogP) is 2.72. The van der Waals surface area contributed by atoms with Crippen molar-refractivity contribution in [3.63, 3.8) is 0 Å². The van der Waals surface area contributed by atoms with Crippen molar-refractivity contribution in [3.05, 3.63) is 29.6 Å². The molecule has 0 radical (unpaired) electrons. The second kappa shape index (κ2) is 7.97. The third-order valence-electron chi connectivity index (χ3n) is 4.33. The molecule has 1 aromatic rings. The normalized spacial score (nSPS) is 17.0. The molecular weight excluding hydrogens is 327 g/mol. The van der Waals surface area contributed by atoms with Gasteiger partial charge in [-0.2, -0.15) is 5.26 Å². The van der Waals surface area contributed by atoms with E-state index in [1.807, 2.05) is 0 Å². The van der Waals surface area contributed by atoms with E-state index in [0.717, 1.165) is 25.3 Å². The Morgan fingerprint density at radius 2 is 2.00 bits per heavy atom. The summed E-state index contributed by atoms with van der Waals surface area (Å²) in [7, 11) is 1.38. The molecule has 0 aliphatic heterocycles. The lowest BCUT2D eigenvalue weighted by Gasteiger charge is -2.32. The van der Waals surface area contributed by atoms with Crippen LogP contribution in [0.5, 0.6) is 5.75 Å². The lowest BCUT2D eigenvalue weighted by atomic mass is 9.83. The van der Waals surface area contributed by atoms with Gasteiger partial charge in [-0.05, 0) is 31.9 Å². The third-order valence-corrected chi connectivity index (χ3v) is 4.33. The third kappa shape index (κ3) is 4.47. The summed E-state index contributed by atoms with van der Waals surface area (Å²) in [5.41, 5.74) is -1.20. The minimum Gasteiger partial charge on any atom is -0.497 e. The second-order valence-electron chi connectivity index (χ2n) is 6.14. The summed E-state index contributed by atoms with van der Waals surface area (Å²) in [6.07, 6.45) is 2.76. The number of methoxy groups -OCH3 is 1. The number of hydrogen-bond acceptors (Lipinski definition) is 5. The van der Waals surface area contributed by atoms with Gasteiger partial charge in [0.05, 0.1) is 18.7 Å². The van der Waals surface area contributed by atoms with Gasteiger partial charge in [-0.25, -0.2) is 9.18 Å². The zero-order valence-electron chi connectivity index (χ0n) is 14.3. The summed E-state index contributed by atoms with van der Waals surface area (Å²) in [5, 5.41) is 12.1. The number of nitrogens with zero attached hydrogens (tertiary/aromatic N) is 1. The number of benzene rings is 1. The van der Waals surface area contributed by atoms with Gasteiger partial charge in [0.15, 0.2) is 6.10 Å².